The van der Waals surface area contributed by atoms with Crippen molar-refractivity contribution in [3.8, 4) is 0 Å². The molecule has 0 spiro atoms. The maximum Gasteiger partial charge on any atom is 0.356 e. The van der Waals surface area contributed by atoms with E-state index in [1.807, 2.05) is 0 Å². The third kappa shape index (κ3) is 2.77. The summed E-state index contributed by atoms with van der Waals surface area (Å²) in [5.41, 5.74) is 0.0401. The molecule has 0 radical (unpaired) electrons. The van der Waals surface area contributed by atoms with Gasteiger partial charge in [0.2, 0.25) is 0 Å². The smallest absolute Gasteiger partial charge is 0.356 e. The Morgan fingerprint density at radius 1 is 1.53 bits per heavy atom. The van der Waals surface area contributed by atoms with Crippen LogP contribution in [0.1, 0.15) is 5.56 Å². The molecule has 0 saturated heterocycles. The van der Waals surface area contributed by atoms with Crippen molar-refractivity contribution >= 4 is 11.7 Å². The number of oxime groups is 1. The lowest BCUT2D eigenvalue weighted by atomic mass is 10.1. The van der Waals surface area contributed by atoms with Crippen molar-refractivity contribution in [1.29, 1.82) is 0 Å². The predicted molar refractivity (Wildman–Crippen MR) is 51.3 cm³/mol. The van der Waals surface area contributed by atoms with Crippen molar-refractivity contribution in [1.82, 2.24) is 0 Å². The van der Waals surface area contributed by atoms with Crippen molar-refractivity contribution in [3.05, 3.63) is 35.6 Å². The zero-order valence-electron chi connectivity index (χ0n) is 8.11. The van der Waals surface area contributed by atoms with Crippen LogP contribution in [-0.2, 0) is 16.0 Å². The van der Waals surface area contributed by atoms with Gasteiger partial charge in [-0.25, -0.2) is 9.18 Å². The summed E-state index contributed by atoms with van der Waals surface area (Å²) in [7, 11) is 1.16. The van der Waals surface area contributed by atoms with Crippen molar-refractivity contribution in [2.75, 3.05) is 7.11 Å². The van der Waals surface area contributed by atoms with Crippen LogP contribution in [0, 0.1) is 5.82 Å². The molecule has 0 saturated carbocycles. The maximum atomic E-state index is 13.2. The second-order valence-electron chi connectivity index (χ2n) is 2.81. The molecule has 4 nitrogen and oxygen atoms in total. The Morgan fingerprint density at radius 3 is 2.73 bits per heavy atom. The Hall–Kier alpha value is -1.91. The van der Waals surface area contributed by atoms with Crippen molar-refractivity contribution < 1.29 is 19.1 Å². The Bertz CT molecular complexity index is 390. The molecule has 80 valence electrons. The minimum absolute atomic E-state index is 0.101. The second-order valence-corrected chi connectivity index (χ2v) is 2.81. The van der Waals surface area contributed by atoms with Gasteiger partial charge in [-0.2, -0.15) is 0 Å². The lowest BCUT2D eigenvalue weighted by Gasteiger charge is -2.03. The molecule has 15 heavy (non-hydrogen) atoms. The zero-order valence-corrected chi connectivity index (χ0v) is 8.11. The maximum absolute atomic E-state index is 13.2. The first-order valence-electron chi connectivity index (χ1n) is 4.21. The van der Waals surface area contributed by atoms with Gasteiger partial charge in [0.15, 0.2) is 5.71 Å². The average Bonchev–Trinajstić information content (AvgIpc) is 2.27. The van der Waals surface area contributed by atoms with E-state index in [1.165, 1.54) is 18.2 Å². The van der Waals surface area contributed by atoms with E-state index >= 15 is 0 Å². The Labute approximate surface area is 86.0 Å². The summed E-state index contributed by atoms with van der Waals surface area (Å²) in [4.78, 5) is 11.0. The molecule has 5 heteroatoms. The lowest BCUT2D eigenvalue weighted by Crippen LogP contribution is -2.19. The standard InChI is InChI=1S/C10H10FNO3/c1-15-10(13)9(12-14)6-7-4-2-3-5-8(7)11/h2-5,14H,6H2,1H3/b12-9-. The minimum Gasteiger partial charge on any atom is -0.464 e. The molecule has 0 aliphatic heterocycles. The van der Waals surface area contributed by atoms with Crippen molar-refractivity contribution in [3.63, 3.8) is 0 Å². The second kappa shape index (κ2) is 5.09. The van der Waals surface area contributed by atoms with Gasteiger partial charge < -0.3 is 9.94 Å². The van der Waals surface area contributed by atoms with Crippen molar-refractivity contribution in [2.45, 2.75) is 6.42 Å². The fourth-order valence-corrected chi connectivity index (χ4v) is 1.09. The molecule has 1 aromatic carbocycles. The van der Waals surface area contributed by atoms with Gasteiger partial charge in [-0.3, -0.25) is 0 Å². The van der Waals surface area contributed by atoms with Crippen LogP contribution in [-0.4, -0.2) is 24.0 Å². The molecule has 0 aliphatic rings. The van der Waals surface area contributed by atoms with Gasteiger partial charge in [-0.15, -0.1) is 0 Å². The van der Waals surface area contributed by atoms with E-state index in [1.54, 1.807) is 6.07 Å². The summed E-state index contributed by atoms with van der Waals surface area (Å²) < 4.78 is 17.5. The summed E-state index contributed by atoms with van der Waals surface area (Å²) in [6.07, 6.45) is -0.101. The quantitative estimate of drug-likeness (QED) is 0.355. The Morgan fingerprint density at radius 2 is 2.20 bits per heavy atom. The number of carbonyl (C=O) groups is 1. The number of carbonyl (C=O) groups excluding carboxylic acids is 1. The average molecular weight is 211 g/mol. The molecule has 1 N–H and O–H groups in total. The third-order valence-corrected chi connectivity index (χ3v) is 1.86. The molecule has 0 unspecified atom stereocenters. The highest BCUT2D eigenvalue weighted by Gasteiger charge is 2.14. The van der Waals surface area contributed by atoms with Crippen molar-refractivity contribution in [2.24, 2.45) is 5.16 Å². The Kier molecular flexibility index (Phi) is 3.79. The summed E-state index contributed by atoms with van der Waals surface area (Å²) in [5, 5.41) is 11.3. The molecule has 0 amide bonds. The third-order valence-electron chi connectivity index (χ3n) is 1.86. The highest BCUT2D eigenvalue weighted by Crippen LogP contribution is 2.08. The van der Waals surface area contributed by atoms with Crippen LogP contribution >= 0.6 is 0 Å². The minimum atomic E-state index is -0.777. The molecular weight excluding hydrogens is 201 g/mol. The van der Waals surface area contributed by atoms with E-state index in [0.29, 0.717) is 0 Å². The first-order valence-corrected chi connectivity index (χ1v) is 4.21. The SMILES string of the molecule is COC(=O)/C(Cc1ccccc1F)=N\O. The fourth-order valence-electron chi connectivity index (χ4n) is 1.09. The van der Waals surface area contributed by atoms with Gasteiger partial charge in [0.25, 0.3) is 0 Å². The van der Waals surface area contributed by atoms with Gasteiger partial charge in [-0.1, -0.05) is 23.4 Å². The zero-order chi connectivity index (χ0) is 11.3. The topological polar surface area (TPSA) is 58.9 Å². The van der Waals surface area contributed by atoms with E-state index in [2.05, 4.69) is 9.89 Å². The summed E-state index contributed by atoms with van der Waals surface area (Å²) >= 11 is 0. The van der Waals surface area contributed by atoms with Crippen LogP contribution in [0.5, 0.6) is 0 Å². The molecule has 0 bridgehead atoms. The van der Waals surface area contributed by atoms with Gasteiger partial charge in [0.05, 0.1) is 7.11 Å². The molecule has 0 heterocycles. The number of ether oxygens (including phenoxy) is 1. The number of hydrogen-bond donors (Lipinski definition) is 1. The van der Waals surface area contributed by atoms with E-state index < -0.39 is 11.8 Å². The van der Waals surface area contributed by atoms with Crippen LogP contribution in [0.2, 0.25) is 0 Å². The number of esters is 1. The molecule has 1 aromatic rings. The molecule has 0 aromatic heterocycles. The van der Waals surface area contributed by atoms with Crippen LogP contribution in [0.15, 0.2) is 29.4 Å². The molecule has 1 rings (SSSR count). The molecule has 0 aliphatic carbocycles. The first-order chi connectivity index (χ1) is 7.19. The highest BCUT2D eigenvalue weighted by molar-refractivity contribution is 6.36. The lowest BCUT2D eigenvalue weighted by molar-refractivity contribution is -0.132. The van der Waals surface area contributed by atoms with Crippen LogP contribution < -0.4 is 0 Å². The van der Waals surface area contributed by atoms with E-state index in [4.69, 9.17) is 5.21 Å². The largest absolute Gasteiger partial charge is 0.464 e. The molecular formula is C10H10FNO3. The number of benzene rings is 1. The number of nitrogens with zero attached hydrogens (tertiary/aromatic N) is 1. The van der Waals surface area contributed by atoms with E-state index in [0.717, 1.165) is 7.11 Å². The predicted octanol–water partition coefficient (Wildman–Crippen LogP) is 1.37. The molecule has 0 atom stereocenters. The van der Waals surface area contributed by atoms with Crippen LogP contribution in [0.25, 0.3) is 0 Å². The normalized spacial score (nSPS) is 11.2. The van der Waals surface area contributed by atoms with Crippen LogP contribution in [0.3, 0.4) is 0 Å². The van der Waals surface area contributed by atoms with Crippen LogP contribution in [0.4, 0.5) is 4.39 Å². The monoisotopic (exact) mass is 211 g/mol. The summed E-state index contributed by atoms with van der Waals surface area (Å²) in [6.45, 7) is 0. The van der Waals surface area contributed by atoms with Gasteiger partial charge in [0.1, 0.15) is 5.82 Å². The van der Waals surface area contributed by atoms with Gasteiger partial charge in [0, 0.05) is 6.42 Å². The Balaban J connectivity index is 2.86. The van der Waals surface area contributed by atoms with E-state index in [-0.39, 0.29) is 17.7 Å². The number of halogens is 1. The first kappa shape index (κ1) is 11.2. The summed E-state index contributed by atoms with van der Waals surface area (Å²) in [5.74, 6) is -1.23. The highest BCUT2D eigenvalue weighted by atomic mass is 19.1. The fraction of sp³-hybridized carbons (Fsp3) is 0.200. The molecule has 0 fully saturated rings. The van der Waals surface area contributed by atoms with E-state index in [9.17, 15) is 9.18 Å². The number of rotatable bonds is 3. The number of methoxy groups -OCH3 is 1. The summed E-state index contributed by atoms with van der Waals surface area (Å²) in [6, 6.07) is 5.93. The van der Waals surface area contributed by atoms with Gasteiger partial charge in [-0.05, 0) is 11.6 Å². The van der Waals surface area contributed by atoms with Gasteiger partial charge >= 0.3 is 5.97 Å². The number of hydrogen-bond acceptors (Lipinski definition) is 4.